The van der Waals surface area contributed by atoms with Crippen molar-refractivity contribution in [3.63, 3.8) is 0 Å². The van der Waals surface area contributed by atoms with E-state index in [0.29, 0.717) is 24.9 Å². The molecule has 2 N–H and O–H groups in total. The minimum atomic E-state index is -0.0370. The lowest BCUT2D eigenvalue weighted by molar-refractivity contribution is -0.115. The number of benzene rings is 1. The number of ether oxygens (including phenoxy) is 1. The standard InChI is InChI=1S/C14H22N2O2S.ClH/c1-11(19-3)12-5-4-6-13(9-12)16-14(17)10-15-7-8-18-2;/h4-6,9,11,15H,7-8,10H2,1-3H3,(H,16,17);1H. The van der Waals surface area contributed by atoms with E-state index in [-0.39, 0.29) is 18.3 Å². The molecule has 0 spiro atoms. The van der Waals surface area contributed by atoms with Crippen molar-refractivity contribution in [3.05, 3.63) is 29.8 Å². The molecule has 0 radical (unpaired) electrons. The molecule has 0 aromatic heterocycles. The van der Waals surface area contributed by atoms with Crippen LogP contribution >= 0.6 is 24.2 Å². The zero-order valence-electron chi connectivity index (χ0n) is 12.1. The van der Waals surface area contributed by atoms with Crippen molar-refractivity contribution < 1.29 is 9.53 Å². The van der Waals surface area contributed by atoms with E-state index in [1.54, 1.807) is 18.9 Å². The number of nitrogens with one attached hydrogen (secondary N) is 2. The average Bonchev–Trinajstić information content (AvgIpc) is 2.43. The minimum Gasteiger partial charge on any atom is -0.383 e. The van der Waals surface area contributed by atoms with Crippen LogP contribution in [-0.2, 0) is 9.53 Å². The Balaban J connectivity index is 0.00000361. The van der Waals surface area contributed by atoms with Crippen molar-refractivity contribution in [3.8, 4) is 0 Å². The highest BCUT2D eigenvalue weighted by Crippen LogP contribution is 2.27. The van der Waals surface area contributed by atoms with Crippen LogP contribution in [0.5, 0.6) is 0 Å². The quantitative estimate of drug-likeness (QED) is 0.724. The summed E-state index contributed by atoms with van der Waals surface area (Å²) in [5.41, 5.74) is 2.06. The van der Waals surface area contributed by atoms with Crippen LogP contribution in [0.3, 0.4) is 0 Å². The summed E-state index contributed by atoms with van der Waals surface area (Å²) in [4.78, 5) is 11.7. The molecule has 0 bridgehead atoms. The normalized spacial score (nSPS) is 11.6. The average molecular weight is 319 g/mol. The van der Waals surface area contributed by atoms with E-state index in [4.69, 9.17) is 4.74 Å². The molecule has 114 valence electrons. The van der Waals surface area contributed by atoms with E-state index in [0.717, 1.165) is 5.69 Å². The maximum Gasteiger partial charge on any atom is 0.238 e. The van der Waals surface area contributed by atoms with Gasteiger partial charge < -0.3 is 15.4 Å². The molecule has 4 nitrogen and oxygen atoms in total. The monoisotopic (exact) mass is 318 g/mol. The van der Waals surface area contributed by atoms with Gasteiger partial charge in [-0.15, -0.1) is 12.4 Å². The summed E-state index contributed by atoms with van der Waals surface area (Å²) in [5, 5.41) is 6.33. The van der Waals surface area contributed by atoms with E-state index in [2.05, 4.69) is 29.9 Å². The number of thioether (sulfide) groups is 1. The number of rotatable bonds is 8. The predicted molar refractivity (Wildman–Crippen MR) is 89.0 cm³/mol. The number of carbonyl (C=O) groups excluding carboxylic acids is 1. The molecule has 1 unspecified atom stereocenters. The Morgan fingerprint density at radius 2 is 2.20 bits per heavy atom. The lowest BCUT2D eigenvalue weighted by Crippen LogP contribution is -2.30. The number of halogens is 1. The van der Waals surface area contributed by atoms with Gasteiger partial charge in [-0.3, -0.25) is 4.79 Å². The Bertz CT molecular complexity index is 405. The van der Waals surface area contributed by atoms with Crippen LogP contribution in [-0.4, -0.2) is 39.0 Å². The number of methoxy groups -OCH3 is 1. The third-order valence-corrected chi connectivity index (χ3v) is 3.74. The van der Waals surface area contributed by atoms with E-state index >= 15 is 0 Å². The first-order chi connectivity index (χ1) is 9.17. The van der Waals surface area contributed by atoms with Gasteiger partial charge >= 0.3 is 0 Å². The summed E-state index contributed by atoms with van der Waals surface area (Å²) in [6, 6.07) is 7.97. The van der Waals surface area contributed by atoms with Crippen LogP contribution in [0, 0.1) is 0 Å². The van der Waals surface area contributed by atoms with Crippen molar-refractivity contribution >= 4 is 35.8 Å². The lowest BCUT2D eigenvalue weighted by atomic mass is 10.1. The third-order valence-electron chi connectivity index (χ3n) is 2.76. The second kappa shape index (κ2) is 11.0. The zero-order valence-corrected chi connectivity index (χ0v) is 13.8. The first-order valence-electron chi connectivity index (χ1n) is 6.29. The maximum atomic E-state index is 11.7. The number of hydrogen-bond acceptors (Lipinski definition) is 4. The molecular formula is C14H23ClN2O2S. The van der Waals surface area contributed by atoms with Crippen LogP contribution in [0.4, 0.5) is 5.69 Å². The van der Waals surface area contributed by atoms with Gasteiger partial charge in [-0.05, 0) is 30.9 Å². The van der Waals surface area contributed by atoms with E-state index < -0.39 is 0 Å². The van der Waals surface area contributed by atoms with Crippen LogP contribution < -0.4 is 10.6 Å². The first kappa shape index (κ1) is 19.2. The molecule has 1 aromatic carbocycles. The Labute approximate surface area is 131 Å². The molecule has 0 saturated heterocycles. The van der Waals surface area contributed by atoms with Gasteiger partial charge in [-0.1, -0.05) is 12.1 Å². The molecule has 20 heavy (non-hydrogen) atoms. The molecule has 0 aliphatic rings. The van der Waals surface area contributed by atoms with E-state index in [1.807, 2.05) is 18.2 Å². The van der Waals surface area contributed by atoms with Gasteiger partial charge in [-0.2, -0.15) is 11.8 Å². The fraction of sp³-hybridized carbons (Fsp3) is 0.500. The summed E-state index contributed by atoms with van der Waals surface area (Å²) in [5.74, 6) is -0.0370. The SMILES string of the molecule is COCCNCC(=O)Nc1cccc(C(C)SC)c1.Cl. The number of amides is 1. The smallest absolute Gasteiger partial charge is 0.238 e. The molecule has 0 aliphatic carbocycles. The highest BCUT2D eigenvalue weighted by Gasteiger charge is 2.06. The Morgan fingerprint density at radius 1 is 1.45 bits per heavy atom. The predicted octanol–water partition coefficient (Wildman–Crippen LogP) is 2.71. The van der Waals surface area contributed by atoms with Crippen molar-refractivity contribution in [1.29, 1.82) is 0 Å². The minimum absolute atomic E-state index is 0. The molecular weight excluding hydrogens is 296 g/mol. The Kier molecular flexibility index (Phi) is 10.6. The summed E-state index contributed by atoms with van der Waals surface area (Å²) < 4.78 is 4.90. The molecule has 0 heterocycles. The lowest BCUT2D eigenvalue weighted by Gasteiger charge is -2.11. The molecule has 1 amide bonds. The number of hydrogen-bond donors (Lipinski definition) is 2. The van der Waals surface area contributed by atoms with Crippen LogP contribution in [0.15, 0.2) is 24.3 Å². The van der Waals surface area contributed by atoms with Crippen LogP contribution in [0.2, 0.25) is 0 Å². The topological polar surface area (TPSA) is 50.4 Å². The van der Waals surface area contributed by atoms with Crippen molar-refractivity contribution in [2.45, 2.75) is 12.2 Å². The first-order valence-corrected chi connectivity index (χ1v) is 7.58. The highest BCUT2D eigenvalue weighted by atomic mass is 35.5. The molecule has 1 atom stereocenters. The number of anilines is 1. The second-order valence-electron chi connectivity index (χ2n) is 4.22. The summed E-state index contributed by atoms with van der Waals surface area (Å²) in [6.07, 6.45) is 2.08. The van der Waals surface area contributed by atoms with Crippen molar-refractivity contribution in [1.82, 2.24) is 5.32 Å². The Hall–Kier alpha value is -0.750. The fourth-order valence-electron chi connectivity index (χ4n) is 1.59. The summed E-state index contributed by atoms with van der Waals surface area (Å²) in [6.45, 7) is 3.73. The molecule has 0 saturated carbocycles. The van der Waals surface area contributed by atoms with Gasteiger partial charge in [0, 0.05) is 24.6 Å². The van der Waals surface area contributed by atoms with Crippen molar-refractivity contribution in [2.24, 2.45) is 0 Å². The molecule has 1 rings (SSSR count). The van der Waals surface area contributed by atoms with Crippen LogP contribution in [0.25, 0.3) is 0 Å². The molecule has 0 fully saturated rings. The summed E-state index contributed by atoms with van der Waals surface area (Å²) >= 11 is 1.79. The van der Waals surface area contributed by atoms with Crippen molar-refractivity contribution in [2.75, 3.05) is 38.4 Å². The van der Waals surface area contributed by atoms with E-state index in [1.165, 1.54) is 5.56 Å². The highest BCUT2D eigenvalue weighted by molar-refractivity contribution is 7.98. The fourth-order valence-corrected chi connectivity index (χ4v) is 2.01. The summed E-state index contributed by atoms with van der Waals surface area (Å²) in [7, 11) is 1.64. The molecule has 6 heteroatoms. The van der Waals surface area contributed by atoms with E-state index in [9.17, 15) is 4.79 Å². The largest absolute Gasteiger partial charge is 0.383 e. The van der Waals surface area contributed by atoms with Gasteiger partial charge in [-0.25, -0.2) is 0 Å². The van der Waals surface area contributed by atoms with Crippen LogP contribution in [0.1, 0.15) is 17.7 Å². The van der Waals surface area contributed by atoms with Gasteiger partial charge in [0.25, 0.3) is 0 Å². The van der Waals surface area contributed by atoms with Gasteiger partial charge in [0.15, 0.2) is 0 Å². The maximum absolute atomic E-state index is 11.7. The molecule has 1 aromatic rings. The van der Waals surface area contributed by atoms with Gasteiger partial charge in [0.1, 0.15) is 0 Å². The second-order valence-corrected chi connectivity index (χ2v) is 5.40. The number of carbonyl (C=O) groups is 1. The Morgan fingerprint density at radius 3 is 2.85 bits per heavy atom. The molecule has 0 aliphatic heterocycles. The zero-order chi connectivity index (χ0) is 14.1. The third kappa shape index (κ3) is 7.14. The van der Waals surface area contributed by atoms with Gasteiger partial charge in [0.05, 0.1) is 13.2 Å². The van der Waals surface area contributed by atoms with Gasteiger partial charge in [0.2, 0.25) is 5.91 Å².